The summed E-state index contributed by atoms with van der Waals surface area (Å²) in [6.07, 6.45) is 0. The van der Waals surface area contributed by atoms with E-state index < -0.39 is 124 Å². The molecule has 29 heteroatoms. The lowest BCUT2D eigenvalue weighted by molar-refractivity contribution is 0.0694. The Bertz CT molecular complexity index is 2800. The first-order valence-electron chi connectivity index (χ1n) is 13.9. The van der Waals surface area contributed by atoms with Gasteiger partial charge in [-0.05, 0) is 36.8 Å². The minimum absolute atomic E-state index is 0.00561. The van der Waals surface area contributed by atoms with E-state index in [1.807, 2.05) is 5.43 Å². The Hall–Kier alpha value is -4.72. The van der Waals surface area contributed by atoms with Gasteiger partial charge in [-0.25, -0.2) is 30.0 Å². The average Bonchev–Trinajstić information content (AvgIpc) is 3.01. The molecule has 0 bridgehead atoms. The fourth-order valence-electron chi connectivity index (χ4n) is 4.21. The maximum Gasteiger partial charge on any atom is 0.397 e. The Morgan fingerprint density at radius 2 is 1.26 bits per heavy atom. The summed E-state index contributed by atoms with van der Waals surface area (Å²) in [4.78, 5) is 35.7. The number of sulfone groups is 2. The van der Waals surface area contributed by atoms with Crippen molar-refractivity contribution in [2.24, 2.45) is 10.2 Å². The van der Waals surface area contributed by atoms with Crippen LogP contribution in [0, 0.1) is 6.92 Å². The van der Waals surface area contributed by atoms with Crippen molar-refractivity contribution < 1.29 is 78.8 Å². The highest BCUT2D eigenvalue weighted by atomic mass is 32.3. The summed E-state index contributed by atoms with van der Waals surface area (Å²) in [5.41, 5.74) is -0.356. The molecule has 3 aromatic rings. The monoisotopic (exact) mass is 862 g/mol. The number of rotatable bonds is 17. The Kier molecular flexibility index (Phi) is 13.2. The molecule has 0 atom stereocenters. The molecule has 0 fully saturated rings. The molecule has 0 spiro atoms. The second kappa shape index (κ2) is 16.3. The number of ether oxygens (including phenoxy) is 1. The first kappa shape index (κ1) is 43.7. The van der Waals surface area contributed by atoms with Crippen LogP contribution in [0.4, 0.5) is 11.4 Å². The number of nitrogens with zero attached hydrogens (tertiary/aromatic N) is 2. The highest BCUT2D eigenvalue weighted by Crippen LogP contribution is 2.31. The standard InChI is InChI=1S/C25H26N4O20S5/c1-13-9-17(19(47-2)12-20(13)51(36,37)8-6-49-54(44,45)46)27-29-23-18(30)11-15(25(32)33)22(24(23)31)28-26-16-4-3-14(10-21(16)52(38,39)40)50(34,35)7-5-48-53(41,42)43/h3-4,9-12,26-27H,5-8H2,1-2H3,(H,32,33)(H,38,39,40)(H,41,42,43)(H,44,45,46). The van der Waals surface area contributed by atoms with Crippen LogP contribution in [0.2, 0.25) is 0 Å². The summed E-state index contributed by atoms with van der Waals surface area (Å²) < 4.78 is 158. The molecule has 0 aliphatic rings. The van der Waals surface area contributed by atoms with Crippen LogP contribution in [0.15, 0.2) is 70.9 Å². The van der Waals surface area contributed by atoms with Crippen LogP contribution in [0.3, 0.4) is 0 Å². The average molecular weight is 863 g/mol. The summed E-state index contributed by atoms with van der Waals surface area (Å²) in [5.74, 6) is -4.11. The molecule has 0 aliphatic carbocycles. The van der Waals surface area contributed by atoms with E-state index in [0.717, 1.165) is 25.3 Å². The minimum atomic E-state index is -5.31. The van der Waals surface area contributed by atoms with Gasteiger partial charge in [0.2, 0.25) is 10.9 Å². The van der Waals surface area contributed by atoms with Crippen molar-refractivity contribution in [3.8, 4) is 5.75 Å². The first-order chi connectivity index (χ1) is 24.7. The van der Waals surface area contributed by atoms with Crippen molar-refractivity contribution in [3.05, 3.63) is 78.7 Å². The Morgan fingerprint density at radius 1 is 0.722 bits per heavy atom. The van der Waals surface area contributed by atoms with Crippen LogP contribution in [0.1, 0.15) is 15.9 Å². The van der Waals surface area contributed by atoms with E-state index in [1.54, 1.807) is 0 Å². The quantitative estimate of drug-likeness (QED) is 0.0608. The number of hydrogen-bond donors (Lipinski definition) is 6. The molecule has 0 amide bonds. The van der Waals surface area contributed by atoms with E-state index in [0.29, 0.717) is 18.2 Å². The zero-order valence-electron chi connectivity index (χ0n) is 27.0. The number of anilines is 2. The van der Waals surface area contributed by atoms with E-state index in [-0.39, 0.29) is 21.9 Å². The second-order valence-corrected chi connectivity index (χ2v) is 18.0. The van der Waals surface area contributed by atoms with Crippen LogP contribution < -0.4 is 37.2 Å². The van der Waals surface area contributed by atoms with E-state index in [4.69, 9.17) is 13.8 Å². The van der Waals surface area contributed by atoms with Gasteiger partial charge in [-0.3, -0.25) is 34.1 Å². The lowest BCUT2D eigenvalue weighted by atomic mass is 10.2. The number of benzene rings is 3. The van der Waals surface area contributed by atoms with Gasteiger partial charge in [-0.1, -0.05) is 0 Å². The van der Waals surface area contributed by atoms with Crippen molar-refractivity contribution in [3.63, 3.8) is 0 Å². The van der Waals surface area contributed by atoms with Crippen molar-refractivity contribution >= 4 is 67.9 Å². The summed E-state index contributed by atoms with van der Waals surface area (Å²) in [7, 11) is -22.9. The molecule has 3 aromatic carbocycles. The number of hydrogen-bond acceptors (Lipinski definition) is 20. The molecule has 3 rings (SSSR count). The van der Waals surface area contributed by atoms with Crippen LogP contribution in [-0.4, -0.2) is 98.7 Å². The molecule has 6 N–H and O–H groups in total. The summed E-state index contributed by atoms with van der Waals surface area (Å²) in [6.45, 7) is -0.727. The molecule has 0 aromatic heterocycles. The Labute approximate surface area is 304 Å². The van der Waals surface area contributed by atoms with E-state index in [2.05, 4.69) is 24.0 Å². The molecule has 54 heavy (non-hydrogen) atoms. The van der Waals surface area contributed by atoms with Gasteiger partial charge in [0.15, 0.2) is 25.0 Å². The van der Waals surface area contributed by atoms with Gasteiger partial charge in [0, 0.05) is 12.1 Å². The predicted octanol–water partition coefficient (Wildman–Crippen LogP) is -2.41. The SMILES string of the molecule is COc1cc(S(=O)(=O)CCOS(=O)(=O)O)c(C)cc1NN=c1c(=O)cc(C(=O)O)c(=NNc2ccc(S(=O)(=O)CCOS(=O)(=O)O)cc2S(=O)(=O)O)c1=O. The lowest BCUT2D eigenvalue weighted by Crippen LogP contribution is -2.50. The molecular weight excluding hydrogens is 837 g/mol. The van der Waals surface area contributed by atoms with Gasteiger partial charge in [-0.15, -0.1) is 0 Å². The molecule has 296 valence electrons. The number of methoxy groups -OCH3 is 1. The van der Waals surface area contributed by atoms with Gasteiger partial charge in [0.05, 0.1) is 58.6 Å². The third-order valence-electron chi connectivity index (χ3n) is 6.59. The van der Waals surface area contributed by atoms with Crippen molar-refractivity contribution in [2.45, 2.75) is 21.6 Å². The first-order valence-corrected chi connectivity index (χ1v) is 21.4. The normalized spacial score (nSPS) is 13.5. The summed E-state index contributed by atoms with van der Waals surface area (Å²) in [6, 6.07) is 4.39. The fourth-order valence-corrected chi connectivity index (χ4v) is 8.23. The zero-order valence-corrected chi connectivity index (χ0v) is 31.1. The van der Waals surface area contributed by atoms with Gasteiger partial charge < -0.3 is 9.84 Å². The smallest absolute Gasteiger partial charge is 0.397 e. The maximum atomic E-state index is 13.3. The van der Waals surface area contributed by atoms with Crippen LogP contribution >= 0.6 is 0 Å². The largest absolute Gasteiger partial charge is 0.494 e. The van der Waals surface area contributed by atoms with Crippen molar-refractivity contribution in [2.75, 3.05) is 42.7 Å². The van der Waals surface area contributed by atoms with E-state index >= 15 is 0 Å². The number of aryl methyl sites for hydroxylation is 1. The number of carboxylic acid groups (broad SMARTS) is 1. The zero-order chi connectivity index (χ0) is 41.0. The summed E-state index contributed by atoms with van der Waals surface area (Å²) in [5, 5.41) is 14.8. The molecular formula is C25H26N4O20S5. The van der Waals surface area contributed by atoms with E-state index in [1.165, 1.54) is 6.92 Å². The van der Waals surface area contributed by atoms with Gasteiger partial charge in [0.1, 0.15) is 16.0 Å². The Balaban J connectivity index is 2.10. The topological polar surface area (TPSA) is 379 Å². The molecule has 0 radical (unpaired) electrons. The van der Waals surface area contributed by atoms with Crippen LogP contribution in [0.5, 0.6) is 5.75 Å². The molecule has 0 saturated heterocycles. The highest BCUT2D eigenvalue weighted by Gasteiger charge is 2.24. The third kappa shape index (κ3) is 11.4. The maximum absolute atomic E-state index is 13.3. The van der Waals surface area contributed by atoms with Gasteiger partial charge in [-0.2, -0.15) is 35.5 Å². The van der Waals surface area contributed by atoms with Crippen molar-refractivity contribution in [1.82, 2.24) is 0 Å². The molecule has 0 unspecified atom stereocenters. The Morgan fingerprint density at radius 3 is 1.78 bits per heavy atom. The van der Waals surface area contributed by atoms with Gasteiger partial charge in [0.25, 0.3) is 10.1 Å². The molecule has 0 saturated carbocycles. The van der Waals surface area contributed by atoms with E-state index in [9.17, 15) is 66.1 Å². The van der Waals surface area contributed by atoms with Crippen molar-refractivity contribution in [1.29, 1.82) is 0 Å². The second-order valence-electron chi connectivity index (χ2n) is 10.3. The fraction of sp³-hybridized carbons (Fsp3) is 0.240. The summed E-state index contributed by atoms with van der Waals surface area (Å²) >= 11 is 0. The third-order valence-corrected chi connectivity index (χ3v) is 11.9. The number of carboxylic acids is 1. The molecule has 0 heterocycles. The number of nitrogens with one attached hydrogen (secondary N) is 2. The molecule has 24 nitrogen and oxygen atoms in total. The van der Waals surface area contributed by atoms with Crippen LogP contribution in [0.25, 0.3) is 0 Å². The minimum Gasteiger partial charge on any atom is -0.494 e. The van der Waals surface area contributed by atoms with Gasteiger partial charge >= 0.3 is 26.8 Å². The predicted molar refractivity (Wildman–Crippen MR) is 180 cm³/mol. The molecule has 0 aliphatic heterocycles. The highest BCUT2D eigenvalue weighted by molar-refractivity contribution is 7.92. The number of carbonyl (C=O) groups is 1. The number of aromatic carboxylic acids is 1. The lowest BCUT2D eigenvalue weighted by Gasteiger charge is -2.13. The van der Waals surface area contributed by atoms with Crippen LogP contribution in [-0.2, 0) is 59.0 Å².